The van der Waals surface area contributed by atoms with Crippen LogP contribution in [0.15, 0.2) is 47.4 Å². The molecule has 0 bridgehead atoms. The molecule has 0 saturated heterocycles. The van der Waals surface area contributed by atoms with E-state index in [4.69, 9.17) is 11.6 Å². The van der Waals surface area contributed by atoms with Gasteiger partial charge in [0.2, 0.25) is 5.91 Å². The summed E-state index contributed by atoms with van der Waals surface area (Å²) < 4.78 is 27.9. The standard InChI is InChI=1S/C19H19ClN2O3S/c1-12-10-14-11-17(8-9-18(14)22(12)19(23)13-2-3-13)26(24,25)21-16-6-4-15(20)5-7-16/h4-9,11-13,21H,2-3,10H2,1H3/t12-/m1/s1. The van der Waals surface area contributed by atoms with E-state index in [1.54, 1.807) is 42.5 Å². The van der Waals surface area contributed by atoms with Gasteiger partial charge in [-0.1, -0.05) is 11.6 Å². The first kappa shape index (κ1) is 17.4. The van der Waals surface area contributed by atoms with Gasteiger partial charge in [-0.05, 0) is 74.2 Å². The van der Waals surface area contributed by atoms with Crippen LogP contribution in [0.2, 0.25) is 5.02 Å². The van der Waals surface area contributed by atoms with Gasteiger partial charge in [-0.25, -0.2) is 8.42 Å². The first-order valence-electron chi connectivity index (χ1n) is 8.59. The van der Waals surface area contributed by atoms with E-state index in [2.05, 4.69) is 4.72 Å². The molecular formula is C19H19ClN2O3S. The maximum atomic E-state index is 12.7. The van der Waals surface area contributed by atoms with Crippen LogP contribution in [-0.4, -0.2) is 20.4 Å². The highest BCUT2D eigenvalue weighted by molar-refractivity contribution is 7.92. The van der Waals surface area contributed by atoms with Crippen molar-refractivity contribution < 1.29 is 13.2 Å². The molecule has 136 valence electrons. The number of hydrogen-bond acceptors (Lipinski definition) is 3. The Balaban J connectivity index is 1.62. The molecule has 1 fully saturated rings. The van der Waals surface area contributed by atoms with E-state index in [1.807, 2.05) is 11.8 Å². The smallest absolute Gasteiger partial charge is 0.261 e. The van der Waals surface area contributed by atoms with Crippen molar-refractivity contribution in [1.29, 1.82) is 0 Å². The van der Waals surface area contributed by atoms with Crippen molar-refractivity contribution in [2.75, 3.05) is 9.62 Å². The quantitative estimate of drug-likeness (QED) is 0.862. The predicted molar refractivity (Wildman–Crippen MR) is 102 cm³/mol. The number of fused-ring (bicyclic) bond motifs is 1. The maximum absolute atomic E-state index is 12.7. The van der Waals surface area contributed by atoms with Crippen LogP contribution < -0.4 is 9.62 Å². The molecule has 0 unspecified atom stereocenters. The van der Waals surface area contributed by atoms with Crippen LogP contribution in [0.1, 0.15) is 25.3 Å². The summed E-state index contributed by atoms with van der Waals surface area (Å²) >= 11 is 5.83. The normalized spacial score (nSPS) is 19.3. The van der Waals surface area contributed by atoms with Crippen molar-refractivity contribution in [2.24, 2.45) is 5.92 Å². The summed E-state index contributed by atoms with van der Waals surface area (Å²) in [6, 6.07) is 11.5. The highest BCUT2D eigenvalue weighted by Gasteiger charge is 2.39. The molecule has 5 nitrogen and oxygen atoms in total. The summed E-state index contributed by atoms with van der Waals surface area (Å²) in [5.74, 6) is 0.296. The van der Waals surface area contributed by atoms with Crippen LogP contribution in [-0.2, 0) is 21.2 Å². The van der Waals surface area contributed by atoms with E-state index < -0.39 is 10.0 Å². The third kappa shape index (κ3) is 3.19. The Morgan fingerprint density at radius 2 is 1.85 bits per heavy atom. The lowest BCUT2D eigenvalue weighted by molar-refractivity contribution is -0.120. The molecule has 1 amide bonds. The Morgan fingerprint density at radius 1 is 1.15 bits per heavy atom. The number of rotatable bonds is 4. The van der Waals surface area contributed by atoms with Crippen molar-refractivity contribution in [3.8, 4) is 0 Å². The predicted octanol–water partition coefficient (Wildman–Crippen LogP) is 3.83. The zero-order valence-corrected chi connectivity index (χ0v) is 15.8. The van der Waals surface area contributed by atoms with Crippen LogP contribution in [0.3, 0.4) is 0 Å². The number of benzene rings is 2. The average Bonchev–Trinajstić information content (AvgIpc) is 3.38. The monoisotopic (exact) mass is 390 g/mol. The molecule has 1 saturated carbocycles. The number of carbonyl (C=O) groups excluding carboxylic acids is 1. The zero-order chi connectivity index (χ0) is 18.5. The molecule has 1 aliphatic heterocycles. The Bertz CT molecular complexity index is 969. The Kier molecular flexibility index (Phi) is 4.20. The first-order chi connectivity index (χ1) is 12.3. The highest BCUT2D eigenvalue weighted by Crippen LogP contribution is 2.39. The fourth-order valence-corrected chi connectivity index (χ4v) is 4.60. The minimum atomic E-state index is -3.70. The molecule has 1 heterocycles. The van der Waals surface area contributed by atoms with Crippen molar-refractivity contribution in [2.45, 2.75) is 37.1 Å². The fourth-order valence-electron chi connectivity index (χ4n) is 3.37. The van der Waals surface area contributed by atoms with Crippen molar-refractivity contribution in [1.82, 2.24) is 0 Å². The number of anilines is 2. The summed E-state index contributed by atoms with van der Waals surface area (Å²) in [6.07, 6.45) is 2.57. The number of hydrogen-bond donors (Lipinski definition) is 1. The largest absolute Gasteiger partial charge is 0.309 e. The summed E-state index contributed by atoms with van der Waals surface area (Å²) in [4.78, 5) is 14.5. The lowest BCUT2D eigenvalue weighted by Gasteiger charge is -2.22. The molecule has 1 atom stereocenters. The minimum Gasteiger partial charge on any atom is -0.309 e. The molecule has 0 aromatic heterocycles. The van der Waals surface area contributed by atoms with Crippen LogP contribution >= 0.6 is 11.6 Å². The number of nitrogens with one attached hydrogen (secondary N) is 1. The molecule has 26 heavy (non-hydrogen) atoms. The van der Waals surface area contributed by atoms with E-state index in [0.717, 1.165) is 24.1 Å². The van der Waals surface area contributed by atoms with Gasteiger partial charge in [-0.3, -0.25) is 9.52 Å². The molecule has 2 aromatic rings. The van der Waals surface area contributed by atoms with E-state index in [0.29, 0.717) is 17.1 Å². The summed E-state index contributed by atoms with van der Waals surface area (Å²) in [5, 5.41) is 0.542. The van der Waals surface area contributed by atoms with Gasteiger partial charge in [0.25, 0.3) is 10.0 Å². The van der Waals surface area contributed by atoms with Crippen molar-refractivity contribution in [3.05, 3.63) is 53.1 Å². The highest BCUT2D eigenvalue weighted by atomic mass is 35.5. The van der Waals surface area contributed by atoms with E-state index in [1.165, 1.54) is 0 Å². The van der Waals surface area contributed by atoms with Crippen LogP contribution in [0.5, 0.6) is 0 Å². The molecular weight excluding hydrogens is 372 g/mol. The maximum Gasteiger partial charge on any atom is 0.261 e. The van der Waals surface area contributed by atoms with Gasteiger partial charge >= 0.3 is 0 Å². The third-order valence-electron chi connectivity index (χ3n) is 4.84. The third-order valence-corrected chi connectivity index (χ3v) is 6.47. The fraction of sp³-hybridized carbons (Fsp3) is 0.316. The molecule has 2 aliphatic rings. The number of carbonyl (C=O) groups is 1. The number of nitrogens with zero attached hydrogens (tertiary/aromatic N) is 1. The van der Waals surface area contributed by atoms with Crippen LogP contribution in [0, 0.1) is 5.92 Å². The number of amides is 1. The second kappa shape index (κ2) is 6.28. The SMILES string of the molecule is C[C@@H]1Cc2cc(S(=O)(=O)Nc3ccc(Cl)cc3)ccc2N1C(=O)C1CC1. The van der Waals surface area contributed by atoms with E-state index in [-0.39, 0.29) is 22.8 Å². The van der Waals surface area contributed by atoms with Gasteiger partial charge < -0.3 is 4.90 Å². The van der Waals surface area contributed by atoms with Crippen molar-refractivity contribution >= 4 is 38.9 Å². The van der Waals surface area contributed by atoms with Crippen molar-refractivity contribution in [3.63, 3.8) is 0 Å². The second-order valence-electron chi connectivity index (χ2n) is 6.94. The average molecular weight is 391 g/mol. The summed E-state index contributed by atoms with van der Waals surface area (Å²) in [7, 11) is -3.70. The van der Waals surface area contributed by atoms with Gasteiger partial charge in [-0.2, -0.15) is 0 Å². The first-order valence-corrected chi connectivity index (χ1v) is 10.5. The molecule has 0 spiro atoms. The zero-order valence-electron chi connectivity index (χ0n) is 14.3. The van der Waals surface area contributed by atoms with Gasteiger partial charge in [0.05, 0.1) is 4.90 Å². The van der Waals surface area contributed by atoms with Crippen LogP contribution in [0.25, 0.3) is 0 Å². The molecule has 7 heteroatoms. The molecule has 2 aromatic carbocycles. The van der Waals surface area contributed by atoms with Crippen LogP contribution in [0.4, 0.5) is 11.4 Å². The molecule has 0 radical (unpaired) electrons. The Hall–Kier alpha value is -2.05. The van der Waals surface area contributed by atoms with Gasteiger partial charge in [0, 0.05) is 28.4 Å². The molecule has 1 N–H and O–H groups in total. The van der Waals surface area contributed by atoms with Gasteiger partial charge in [0.15, 0.2) is 0 Å². The van der Waals surface area contributed by atoms with Gasteiger partial charge in [0.1, 0.15) is 0 Å². The van der Waals surface area contributed by atoms with E-state index in [9.17, 15) is 13.2 Å². The minimum absolute atomic E-state index is 0.0558. The number of halogens is 1. The summed E-state index contributed by atoms with van der Waals surface area (Å²) in [6.45, 7) is 2.00. The van der Waals surface area contributed by atoms with Gasteiger partial charge in [-0.15, -0.1) is 0 Å². The molecule has 1 aliphatic carbocycles. The lowest BCUT2D eigenvalue weighted by atomic mass is 10.1. The number of sulfonamides is 1. The molecule has 4 rings (SSSR count). The Morgan fingerprint density at radius 3 is 2.50 bits per heavy atom. The van der Waals surface area contributed by atoms with E-state index >= 15 is 0 Å². The lowest BCUT2D eigenvalue weighted by Crippen LogP contribution is -2.36. The summed E-state index contributed by atoms with van der Waals surface area (Å²) in [5.41, 5.74) is 2.18. The topological polar surface area (TPSA) is 66.5 Å². The Labute approximate surface area is 158 Å². The second-order valence-corrected chi connectivity index (χ2v) is 9.06.